The summed E-state index contributed by atoms with van der Waals surface area (Å²) in [6, 6.07) is 15.9. The van der Waals surface area contributed by atoms with Gasteiger partial charge in [0.15, 0.2) is 0 Å². The summed E-state index contributed by atoms with van der Waals surface area (Å²) in [7, 11) is 0. The monoisotopic (exact) mass is 282 g/mol. The van der Waals surface area contributed by atoms with Gasteiger partial charge < -0.3 is 10.2 Å². The summed E-state index contributed by atoms with van der Waals surface area (Å²) >= 11 is 0. The Bertz CT molecular complexity index is 567. The van der Waals surface area contributed by atoms with Crippen LogP contribution in [0.1, 0.15) is 25.3 Å². The molecular weight excluding hydrogens is 256 g/mol. The highest BCUT2D eigenvalue weighted by atomic mass is 15.2. The van der Waals surface area contributed by atoms with Crippen molar-refractivity contribution in [2.75, 3.05) is 26.2 Å². The molecule has 21 heavy (non-hydrogen) atoms. The molecule has 1 saturated heterocycles. The van der Waals surface area contributed by atoms with E-state index in [-0.39, 0.29) is 0 Å². The molecule has 2 nitrogen and oxygen atoms in total. The van der Waals surface area contributed by atoms with E-state index in [1.165, 1.54) is 48.8 Å². The van der Waals surface area contributed by atoms with Crippen LogP contribution in [-0.4, -0.2) is 37.1 Å². The van der Waals surface area contributed by atoms with E-state index in [9.17, 15) is 0 Å². The zero-order valence-electron chi connectivity index (χ0n) is 13.0. The lowest BCUT2D eigenvalue weighted by atomic mass is 10.0. The molecule has 3 rings (SSSR count). The Kier molecular flexibility index (Phi) is 4.89. The predicted octanol–water partition coefficient (Wildman–Crippen LogP) is 3.46. The molecule has 1 aliphatic heterocycles. The average molecular weight is 282 g/mol. The third kappa shape index (κ3) is 3.84. The van der Waals surface area contributed by atoms with Crippen LogP contribution in [-0.2, 0) is 6.42 Å². The predicted molar refractivity (Wildman–Crippen MR) is 90.8 cm³/mol. The second-order valence-corrected chi connectivity index (χ2v) is 6.25. The smallest absolute Gasteiger partial charge is 0.0166 e. The Balaban J connectivity index is 1.52. The van der Waals surface area contributed by atoms with Gasteiger partial charge in [-0.15, -0.1) is 0 Å². The van der Waals surface area contributed by atoms with E-state index in [1.54, 1.807) is 0 Å². The SMILES string of the molecule is CC(CN1CCCC1)NCCc1cccc2ccccc12. The van der Waals surface area contributed by atoms with E-state index in [4.69, 9.17) is 0 Å². The van der Waals surface area contributed by atoms with Gasteiger partial charge in [-0.05, 0) is 62.2 Å². The minimum Gasteiger partial charge on any atom is -0.313 e. The molecule has 0 bridgehead atoms. The Morgan fingerprint density at radius 3 is 2.67 bits per heavy atom. The van der Waals surface area contributed by atoms with Crippen LogP contribution in [0, 0.1) is 0 Å². The molecule has 1 atom stereocenters. The third-order valence-corrected chi connectivity index (χ3v) is 4.50. The van der Waals surface area contributed by atoms with Crippen molar-refractivity contribution in [3.63, 3.8) is 0 Å². The maximum atomic E-state index is 3.68. The lowest BCUT2D eigenvalue weighted by Gasteiger charge is -2.21. The summed E-state index contributed by atoms with van der Waals surface area (Å²) in [5.74, 6) is 0. The van der Waals surface area contributed by atoms with Gasteiger partial charge in [0.2, 0.25) is 0 Å². The van der Waals surface area contributed by atoms with Crippen LogP contribution < -0.4 is 5.32 Å². The molecule has 0 aromatic heterocycles. The number of benzene rings is 2. The zero-order chi connectivity index (χ0) is 14.5. The van der Waals surface area contributed by atoms with Crippen molar-refractivity contribution < 1.29 is 0 Å². The molecule has 0 spiro atoms. The Morgan fingerprint density at radius 2 is 1.81 bits per heavy atom. The van der Waals surface area contributed by atoms with E-state index >= 15 is 0 Å². The summed E-state index contributed by atoms with van der Waals surface area (Å²) in [6.07, 6.45) is 3.86. The van der Waals surface area contributed by atoms with Crippen molar-refractivity contribution in [3.8, 4) is 0 Å². The number of hydrogen-bond acceptors (Lipinski definition) is 2. The molecule has 112 valence electrons. The van der Waals surface area contributed by atoms with Gasteiger partial charge in [0, 0.05) is 12.6 Å². The van der Waals surface area contributed by atoms with Crippen LogP contribution in [0.2, 0.25) is 0 Å². The normalized spacial score (nSPS) is 17.4. The summed E-state index contributed by atoms with van der Waals surface area (Å²) in [5.41, 5.74) is 1.45. The van der Waals surface area contributed by atoms with Crippen LogP contribution in [0.3, 0.4) is 0 Å². The molecule has 2 heteroatoms. The maximum Gasteiger partial charge on any atom is 0.0166 e. The van der Waals surface area contributed by atoms with Crippen LogP contribution in [0.5, 0.6) is 0 Å². The first kappa shape index (κ1) is 14.6. The van der Waals surface area contributed by atoms with E-state index in [0.29, 0.717) is 6.04 Å². The van der Waals surface area contributed by atoms with Crippen LogP contribution in [0.15, 0.2) is 42.5 Å². The standard InChI is InChI=1S/C19H26N2/c1-16(15-21-13-4-5-14-21)20-12-11-18-9-6-8-17-7-2-3-10-19(17)18/h2-3,6-10,16,20H,4-5,11-15H2,1H3. The maximum absolute atomic E-state index is 3.68. The molecule has 1 fully saturated rings. The average Bonchev–Trinajstić information content (AvgIpc) is 3.00. The third-order valence-electron chi connectivity index (χ3n) is 4.50. The molecule has 0 saturated carbocycles. The first-order valence-corrected chi connectivity index (χ1v) is 8.25. The Morgan fingerprint density at radius 1 is 1.05 bits per heavy atom. The number of nitrogens with one attached hydrogen (secondary N) is 1. The van der Waals surface area contributed by atoms with Gasteiger partial charge in [0.25, 0.3) is 0 Å². The quantitative estimate of drug-likeness (QED) is 0.873. The highest BCUT2D eigenvalue weighted by Gasteiger charge is 2.14. The fourth-order valence-corrected chi connectivity index (χ4v) is 3.38. The number of nitrogens with zero attached hydrogens (tertiary/aromatic N) is 1. The molecule has 0 radical (unpaired) electrons. The number of rotatable bonds is 6. The van der Waals surface area contributed by atoms with Gasteiger partial charge in [-0.2, -0.15) is 0 Å². The number of likely N-dealkylation sites (tertiary alicyclic amines) is 1. The van der Waals surface area contributed by atoms with Crippen molar-refractivity contribution in [3.05, 3.63) is 48.0 Å². The summed E-state index contributed by atoms with van der Waals surface area (Å²) < 4.78 is 0. The van der Waals surface area contributed by atoms with Crippen molar-refractivity contribution in [2.45, 2.75) is 32.2 Å². The van der Waals surface area contributed by atoms with E-state index in [0.717, 1.165) is 13.0 Å². The number of hydrogen-bond donors (Lipinski definition) is 1. The van der Waals surface area contributed by atoms with Crippen LogP contribution in [0.4, 0.5) is 0 Å². The first-order chi connectivity index (χ1) is 10.3. The fourth-order valence-electron chi connectivity index (χ4n) is 3.38. The Hall–Kier alpha value is -1.38. The fraction of sp³-hybridized carbons (Fsp3) is 0.474. The van der Waals surface area contributed by atoms with Crippen molar-refractivity contribution in [1.29, 1.82) is 0 Å². The summed E-state index contributed by atoms with van der Waals surface area (Å²) in [6.45, 7) is 7.13. The summed E-state index contributed by atoms with van der Waals surface area (Å²) in [4.78, 5) is 2.58. The van der Waals surface area contributed by atoms with E-state index in [2.05, 4.69) is 59.6 Å². The minimum absolute atomic E-state index is 0.582. The zero-order valence-corrected chi connectivity index (χ0v) is 13.0. The second kappa shape index (κ2) is 7.06. The molecule has 2 aromatic carbocycles. The lowest BCUT2D eigenvalue weighted by molar-refractivity contribution is 0.299. The molecule has 2 aromatic rings. The highest BCUT2D eigenvalue weighted by molar-refractivity contribution is 5.85. The molecule has 1 N–H and O–H groups in total. The molecular formula is C19H26N2. The largest absolute Gasteiger partial charge is 0.313 e. The van der Waals surface area contributed by atoms with Crippen molar-refractivity contribution in [2.24, 2.45) is 0 Å². The van der Waals surface area contributed by atoms with Gasteiger partial charge in [-0.1, -0.05) is 42.5 Å². The van der Waals surface area contributed by atoms with Crippen LogP contribution in [0.25, 0.3) is 10.8 Å². The molecule has 1 heterocycles. The van der Waals surface area contributed by atoms with Gasteiger partial charge >= 0.3 is 0 Å². The van der Waals surface area contributed by atoms with Gasteiger partial charge in [0.1, 0.15) is 0 Å². The minimum atomic E-state index is 0.582. The van der Waals surface area contributed by atoms with Gasteiger partial charge in [0.05, 0.1) is 0 Å². The van der Waals surface area contributed by atoms with Crippen molar-refractivity contribution >= 4 is 10.8 Å². The van der Waals surface area contributed by atoms with E-state index < -0.39 is 0 Å². The Labute approximate surface area is 128 Å². The molecule has 0 amide bonds. The highest BCUT2D eigenvalue weighted by Crippen LogP contribution is 2.18. The second-order valence-electron chi connectivity index (χ2n) is 6.25. The van der Waals surface area contributed by atoms with Crippen molar-refractivity contribution in [1.82, 2.24) is 10.2 Å². The molecule has 1 unspecified atom stereocenters. The topological polar surface area (TPSA) is 15.3 Å². The lowest BCUT2D eigenvalue weighted by Crippen LogP contribution is -2.38. The first-order valence-electron chi connectivity index (χ1n) is 8.25. The van der Waals surface area contributed by atoms with E-state index in [1.807, 2.05) is 0 Å². The van der Waals surface area contributed by atoms with Gasteiger partial charge in [-0.25, -0.2) is 0 Å². The molecule has 0 aliphatic carbocycles. The van der Waals surface area contributed by atoms with Crippen LogP contribution >= 0.6 is 0 Å². The number of fused-ring (bicyclic) bond motifs is 1. The summed E-state index contributed by atoms with van der Waals surface area (Å²) in [5, 5.41) is 6.43. The molecule has 1 aliphatic rings. The van der Waals surface area contributed by atoms with Gasteiger partial charge in [-0.3, -0.25) is 0 Å².